The number of aromatic nitrogens is 2. The topological polar surface area (TPSA) is 56.1 Å². The van der Waals surface area contributed by atoms with Crippen LogP contribution < -0.4 is 5.32 Å². The average Bonchev–Trinajstić information content (AvgIpc) is 3.22. The van der Waals surface area contributed by atoms with Crippen LogP contribution in [0.3, 0.4) is 0 Å². The lowest BCUT2D eigenvalue weighted by molar-refractivity contribution is -0.124. The first-order valence-corrected chi connectivity index (χ1v) is 8.19. The number of imidazole rings is 1. The van der Waals surface area contributed by atoms with Gasteiger partial charge < -0.3 is 10.1 Å². The molecular weight excluding hydrogens is 302 g/mol. The summed E-state index contributed by atoms with van der Waals surface area (Å²) in [5.74, 6) is 0.838. The summed E-state index contributed by atoms with van der Waals surface area (Å²) < 4.78 is 7.54. The molecule has 1 N–H and O–H groups in total. The Kier molecular flexibility index (Phi) is 3.78. The molecule has 0 saturated carbocycles. The van der Waals surface area contributed by atoms with E-state index in [1.54, 1.807) is 0 Å². The Morgan fingerprint density at radius 1 is 1.25 bits per heavy atom. The van der Waals surface area contributed by atoms with Gasteiger partial charge in [-0.3, -0.25) is 9.36 Å². The average molecular weight is 321 g/mol. The molecule has 1 saturated heterocycles. The molecule has 5 nitrogen and oxygen atoms in total. The molecule has 1 amide bonds. The van der Waals surface area contributed by atoms with Gasteiger partial charge in [-0.1, -0.05) is 18.2 Å². The van der Waals surface area contributed by atoms with E-state index in [1.165, 1.54) is 0 Å². The minimum absolute atomic E-state index is 0.0777. The van der Waals surface area contributed by atoms with Crippen molar-refractivity contribution in [3.8, 4) is 5.69 Å². The second-order valence-corrected chi connectivity index (χ2v) is 6.02. The van der Waals surface area contributed by atoms with Crippen LogP contribution >= 0.6 is 0 Å². The summed E-state index contributed by atoms with van der Waals surface area (Å²) in [6, 6.07) is 15.9. The molecular formula is C19H19N3O2. The van der Waals surface area contributed by atoms with Crippen LogP contribution in [-0.4, -0.2) is 28.2 Å². The second kappa shape index (κ2) is 6.09. The maximum atomic E-state index is 12.2. The predicted molar refractivity (Wildman–Crippen MR) is 93.4 cm³/mol. The standard InChI is InChI=1S/C19H19N3O2/c1-13-20-16-12-14(21-19(23)18-8-5-11-24-18)9-10-17(16)22(13)15-6-3-2-4-7-15/h2-4,6-7,9-10,12,18H,5,8,11H2,1H3,(H,21,23)/t18-/m0/s1. The number of carbonyl (C=O) groups excluding carboxylic acids is 1. The minimum atomic E-state index is -0.329. The monoisotopic (exact) mass is 321 g/mol. The third kappa shape index (κ3) is 2.67. The van der Waals surface area contributed by atoms with Crippen molar-refractivity contribution in [1.82, 2.24) is 9.55 Å². The Morgan fingerprint density at radius 3 is 2.83 bits per heavy atom. The highest BCUT2D eigenvalue weighted by Gasteiger charge is 2.23. The van der Waals surface area contributed by atoms with Gasteiger partial charge in [-0.2, -0.15) is 0 Å². The van der Waals surface area contributed by atoms with Gasteiger partial charge in [-0.05, 0) is 50.1 Å². The van der Waals surface area contributed by atoms with Crippen molar-refractivity contribution < 1.29 is 9.53 Å². The maximum Gasteiger partial charge on any atom is 0.253 e. The normalized spacial score (nSPS) is 17.3. The molecule has 122 valence electrons. The molecule has 0 radical (unpaired) electrons. The molecule has 2 aromatic carbocycles. The van der Waals surface area contributed by atoms with Gasteiger partial charge in [0.25, 0.3) is 5.91 Å². The van der Waals surface area contributed by atoms with Gasteiger partial charge in [-0.15, -0.1) is 0 Å². The Labute approximate surface area is 140 Å². The Morgan fingerprint density at radius 2 is 2.08 bits per heavy atom. The maximum absolute atomic E-state index is 12.2. The van der Waals surface area contributed by atoms with E-state index in [-0.39, 0.29) is 12.0 Å². The summed E-state index contributed by atoms with van der Waals surface area (Å²) in [4.78, 5) is 16.8. The summed E-state index contributed by atoms with van der Waals surface area (Å²) in [5.41, 5.74) is 3.71. The van der Waals surface area contributed by atoms with Crippen molar-refractivity contribution >= 4 is 22.6 Å². The fourth-order valence-electron chi connectivity index (χ4n) is 3.19. The van der Waals surface area contributed by atoms with Crippen LogP contribution in [0.5, 0.6) is 0 Å². The largest absolute Gasteiger partial charge is 0.368 e. The quantitative estimate of drug-likeness (QED) is 0.804. The second-order valence-electron chi connectivity index (χ2n) is 6.02. The number of ether oxygens (including phenoxy) is 1. The van der Waals surface area contributed by atoms with Crippen molar-refractivity contribution in [2.75, 3.05) is 11.9 Å². The number of rotatable bonds is 3. The van der Waals surface area contributed by atoms with Gasteiger partial charge in [0.15, 0.2) is 0 Å². The molecule has 24 heavy (non-hydrogen) atoms. The molecule has 1 aromatic heterocycles. The van der Waals surface area contributed by atoms with Crippen LogP contribution in [0.2, 0.25) is 0 Å². The number of hydrogen-bond acceptors (Lipinski definition) is 3. The van der Waals surface area contributed by atoms with E-state index >= 15 is 0 Å². The molecule has 1 atom stereocenters. The smallest absolute Gasteiger partial charge is 0.253 e. The van der Waals surface area contributed by atoms with Gasteiger partial charge in [0, 0.05) is 18.0 Å². The van der Waals surface area contributed by atoms with E-state index in [2.05, 4.69) is 27.0 Å². The van der Waals surface area contributed by atoms with Crippen LogP contribution in [0.15, 0.2) is 48.5 Å². The van der Waals surface area contributed by atoms with Crippen molar-refractivity contribution in [1.29, 1.82) is 0 Å². The SMILES string of the molecule is Cc1nc2cc(NC(=O)[C@@H]3CCCO3)ccc2n1-c1ccccc1. The summed E-state index contributed by atoms with van der Waals surface area (Å²) in [7, 11) is 0. The first-order valence-electron chi connectivity index (χ1n) is 8.19. The van der Waals surface area contributed by atoms with E-state index in [4.69, 9.17) is 4.74 Å². The molecule has 1 fully saturated rings. The minimum Gasteiger partial charge on any atom is -0.368 e. The number of anilines is 1. The zero-order chi connectivity index (χ0) is 16.5. The summed E-state index contributed by atoms with van der Waals surface area (Å²) in [5, 5.41) is 2.93. The number of carbonyl (C=O) groups is 1. The number of benzene rings is 2. The molecule has 1 aliphatic heterocycles. The lowest BCUT2D eigenvalue weighted by Crippen LogP contribution is -2.26. The Balaban J connectivity index is 1.66. The molecule has 0 unspecified atom stereocenters. The van der Waals surface area contributed by atoms with E-state index < -0.39 is 0 Å². The predicted octanol–water partition coefficient (Wildman–Crippen LogP) is 3.45. The van der Waals surface area contributed by atoms with Crippen LogP contribution in [0, 0.1) is 6.92 Å². The van der Waals surface area contributed by atoms with Gasteiger partial charge in [-0.25, -0.2) is 4.98 Å². The van der Waals surface area contributed by atoms with E-state index in [0.717, 1.165) is 41.1 Å². The summed E-state index contributed by atoms with van der Waals surface area (Å²) in [6.45, 7) is 2.65. The first-order chi connectivity index (χ1) is 11.7. The fraction of sp³-hybridized carbons (Fsp3) is 0.263. The number of fused-ring (bicyclic) bond motifs is 1. The molecule has 2 heterocycles. The van der Waals surface area contributed by atoms with Crippen molar-refractivity contribution in [3.05, 3.63) is 54.4 Å². The zero-order valence-electron chi connectivity index (χ0n) is 13.5. The molecule has 0 bridgehead atoms. The molecule has 3 aromatic rings. The Bertz CT molecular complexity index is 880. The highest BCUT2D eigenvalue weighted by molar-refractivity contribution is 5.96. The lowest BCUT2D eigenvalue weighted by Gasteiger charge is -2.10. The third-order valence-electron chi connectivity index (χ3n) is 4.33. The van der Waals surface area contributed by atoms with Crippen LogP contribution in [0.25, 0.3) is 16.7 Å². The van der Waals surface area contributed by atoms with E-state index in [0.29, 0.717) is 6.61 Å². The summed E-state index contributed by atoms with van der Waals surface area (Å²) >= 11 is 0. The molecule has 1 aliphatic rings. The number of amides is 1. The van der Waals surface area contributed by atoms with Crippen LogP contribution in [0.4, 0.5) is 5.69 Å². The molecule has 0 aliphatic carbocycles. The number of nitrogens with one attached hydrogen (secondary N) is 1. The van der Waals surface area contributed by atoms with Crippen LogP contribution in [-0.2, 0) is 9.53 Å². The first kappa shape index (κ1) is 14.9. The third-order valence-corrected chi connectivity index (χ3v) is 4.33. The highest BCUT2D eigenvalue weighted by Crippen LogP contribution is 2.24. The fourth-order valence-corrected chi connectivity index (χ4v) is 3.19. The summed E-state index contributed by atoms with van der Waals surface area (Å²) in [6.07, 6.45) is 1.40. The van der Waals surface area contributed by atoms with Crippen LogP contribution in [0.1, 0.15) is 18.7 Å². The van der Waals surface area contributed by atoms with Gasteiger partial charge in [0.2, 0.25) is 0 Å². The van der Waals surface area contributed by atoms with Crippen molar-refractivity contribution in [2.24, 2.45) is 0 Å². The zero-order valence-corrected chi connectivity index (χ0v) is 13.5. The Hall–Kier alpha value is -2.66. The highest BCUT2D eigenvalue weighted by atomic mass is 16.5. The van der Waals surface area contributed by atoms with E-state index in [1.807, 2.05) is 43.3 Å². The molecule has 4 rings (SSSR count). The number of para-hydroxylation sites is 1. The van der Waals surface area contributed by atoms with Gasteiger partial charge in [0.05, 0.1) is 11.0 Å². The number of nitrogens with zero attached hydrogens (tertiary/aromatic N) is 2. The molecule has 5 heteroatoms. The van der Waals surface area contributed by atoms with Crippen molar-refractivity contribution in [2.45, 2.75) is 25.9 Å². The van der Waals surface area contributed by atoms with Crippen molar-refractivity contribution in [3.63, 3.8) is 0 Å². The van der Waals surface area contributed by atoms with Gasteiger partial charge in [0.1, 0.15) is 11.9 Å². The molecule has 0 spiro atoms. The van der Waals surface area contributed by atoms with E-state index in [9.17, 15) is 4.79 Å². The lowest BCUT2D eigenvalue weighted by atomic mass is 10.2. The van der Waals surface area contributed by atoms with Gasteiger partial charge >= 0.3 is 0 Å². The number of aryl methyl sites for hydroxylation is 1. The number of hydrogen-bond donors (Lipinski definition) is 1.